The highest BCUT2D eigenvalue weighted by Crippen LogP contribution is 2.28. The predicted molar refractivity (Wildman–Crippen MR) is 155 cm³/mol. The van der Waals surface area contributed by atoms with Crippen molar-refractivity contribution in [3.8, 4) is 0 Å². The molecule has 0 bridgehead atoms. The monoisotopic (exact) mass is 584 g/mol. The van der Waals surface area contributed by atoms with Crippen LogP contribution in [0.15, 0.2) is 84.4 Å². The van der Waals surface area contributed by atoms with Crippen molar-refractivity contribution in [3.63, 3.8) is 0 Å². The van der Waals surface area contributed by atoms with Gasteiger partial charge in [0.25, 0.3) is 11.8 Å². The Morgan fingerprint density at radius 2 is 1.81 bits per heavy atom. The minimum absolute atomic E-state index is 0.00629. The van der Waals surface area contributed by atoms with E-state index in [0.717, 1.165) is 5.56 Å². The number of azide groups is 1. The van der Waals surface area contributed by atoms with Crippen LogP contribution in [0.2, 0.25) is 5.02 Å². The van der Waals surface area contributed by atoms with Crippen molar-refractivity contribution in [2.24, 2.45) is 5.11 Å². The number of hydrogen-bond acceptors (Lipinski definition) is 8. The van der Waals surface area contributed by atoms with Crippen molar-refractivity contribution in [3.05, 3.63) is 123 Å². The Labute approximate surface area is 246 Å². The van der Waals surface area contributed by atoms with Crippen LogP contribution in [-0.4, -0.2) is 50.8 Å². The largest absolute Gasteiger partial charge is 0.467 e. The van der Waals surface area contributed by atoms with Crippen LogP contribution >= 0.6 is 11.6 Å². The molecular formula is C29H25ClN8O4. The summed E-state index contributed by atoms with van der Waals surface area (Å²) in [5.41, 5.74) is 11.5. The number of aromatic nitrogens is 3. The third-order valence-corrected chi connectivity index (χ3v) is 6.39. The fraction of sp³-hybridized carbons (Fsp3) is 0.172. The van der Waals surface area contributed by atoms with Gasteiger partial charge in [-0.3, -0.25) is 19.9 Å². The second kappa shape index (κ2) is 13.8. The van der Waals surface area contributed by atoms with Gasteiger partial charge in [0.1, 0.15) is 6.04 Å². The van der Waals surface area contributed by atoms with Crippen molar-refractivity contribution in [1.82, 2.24) is 19.9 Å². The van der Waals surface area contributed by atoms with Gasteiger partial charge in [-0.05, 0) is 66.0 Å². The van der Waals surface area contributed by atoms with E-state index in [2.05, 4.69) is 30.3 Å². The maximum Gasteiger partial charge on any atom is 0.329 e. The van der Waals surface area contributed by atoms with Crippen LogP contribution in [0.3, 0.4) is 0 Å². The van der Waals surface area contributed by atoms with Gasteiger partial charge in [-0.2, -0.15) is 0 Å². The molecule has 4 rings (SSSR count). The van der Waals surface area contributed by atoms with Crippen LogP contribution in [0.4, 0.5) is 11.6 Å². The van der Waals surface area contributed by atoms with E-state index >= 15 is 0 Å². The van der Waals surface area contributed by atoms with Gasteiger partial charge in [0.15, 0.2) is 0 Å². The highest BCUT2D eigenvalue weighted by Gasteiger charge is 2.33. The molecule has 1 atom stereocenters. The molecule has 2 heterocycles. The number of nitrogens with one attached hydrogen (secondary N) is 1. The molecule has 0 aliphatic rings. The Bertz CT molecular complexity index is 1630. The van der Waals surface area contributed by atoms with Gasteiger partial charge in [0.05, 0.1) is 12.8 Å². The minimum atomic E-state index is -1.09. The van der Waals surface area contributed by atoms with Gasteiger partial charge in [0.2, 0.25) is 5.95 Å². The van der Waals surface area contributed by atoms with Crippen molar-refractivity contribution >= 4 is 41.0 Å². The summed E-state index contributed by atoms with van der Waals surface area (Å²) in [6, 6.07) is 14.9. The first-order valence-corrected chi connectivity index (χ1v) is 13.0. The number of benzene rings is 2. The number of carbonyl (C=O) groups is 3. The summed E-state index contributed by atoms with van der Waals surface area (Å²) >= 11 is 6.08. The van der Waals surface area contributed by atoms with Crippen LogP contribution in [0.1, 0.15) is 37.5 Å². The molecule has 2 aromatic heterocycles. The van der Waals surface area contributed by atoms with E-state index in [-0.39, 0.29) is 35.2 Å². The highest BCUT2D eigenvalue weighted by molar-refractivity contribution is 6.31. The molecule has 0 saturated carbocycles. The first-order valence-electron chi connectivity index (χ1n) is 12.6. The molecule has 0 unspecified atom stereocenters. The number of esters is 1. The van der Waals surface area contributed by atoms with Gasteiger partial charge in [-0.1, -0.05) is 34.9 Å². The standard InChI is InChI=1S/C29H25ClN8O4/c1-18-15-33-29(34-16-18)35-26(39)20-8-6-19(7-9-20)17-38(25(28(41)42-2)14-22-5-3-4-12-32-22)27(40)23-11-10-21(30)13-24(23)36-37-31/h3-13,15-16,25H,14,17H2,1-2H3,(H,33,34,35,39)/t25-/m1/s1. The molecule has 1 N–H and O–H groups in total. The molecule has 2 aromatic carbocycles. The van der Waals surface area contributed by atoms with Crippen LogP contribution in [0.25, 0.3) is 10.4 Å². The minimum Gasteiger partial charge on any atom is -0.467 e. The maximum absolute atomic E-state index is 14.0. The van der Waals surface area contributed by atoms with E-state index in [4.69, 9.17) is 21.9 Å². The number of nitrogens with zero attached hydrogens (tertiary/aromatic N) is 7. The molecule has 0 aliphatic heterocycles. The summed E-state index contributed by atoms with van der Waals surface area (Å²) in [4.78, 5) is 56.4. The van der Waals surface area contributed by atoms with Crippen LogP contribution in [0, 0.1) is 6.92 Å². The molecule has 212 valence electrons. The Kier molecular flexibility index (Phi) is 9.77. The summed E-state index contributed by atoms with van der Waals surface area (Å²) in [6.07, 6.45) is 4.82. The summed E-state index contributed by atoms with van der Waals surface area (Å²) < 4.78 is 5.07. The number of ether oxygens (including phenoxy) is 1. The molecule has 4 aromatic rings. The molecule has 12 nitrogen and oxygen atoms in total. The van der Waals surface area contributed by atoms with Crippen molar-refractivity contribution < 1.29 is 19.1 Å². The van der Waals surface area contributed by atoms with Gasteiger partial charge in [0, 0.05) is 58.3 Å². The zero-order chi connectivity index (χ0) is 30.1. The van der Waals surface area contributed by atoms with Crippen molar-refractivity contribution in [1.29, 1.82) is 0 Å². The number of hydrogen-bond donors (Lipinski definition) is 1. The quantitative estimate of drug-likeness (QED) is 0.112. The lowest BCUT2D eigenvalue weighted by Gasteiger charge is -2.30. The average Bonchev–Trinajstić information content (AvgIpc) is 3.00. The van der Waals surface area contributed by atoms with Gasteiger partial charge in [-0.25, -0.2) is 14.8 Å². The van der Waals surface area contributed by atoms with Crippen molar-refractivity contribution in [2.75, 3.05) is 12.4 Å². The van der Waals surface area contributed by atoms with E-state index in [1.807, 2.05) is 6.92 Å². The number of aryl methyl sites for hydroxylation is 1. The Morgan fingerprint density at radius 1 is 1.07 bits per heavy atom. The second-order valence-corrected chi connectivity index (χ2v) is 9.52. The van der Waals surface area contributed by atoms with Crippen LogP contribution < -0.4 is 5.32 Å². The van der Waals surface area contributed by atoms with Crippen LogP contribution in [0.5, 0.6) is 0 Å². The molecule has 13 heteroatoms. The molecule has 0 saturated heterocycles. The van der Waals surface area contributed by atoms with E-state index in [0.29, 0.717) is 16.8 Å². The van der Waals surface area contributed by atoms with Gasteiger partial charge >= 0.3 is 5.97 Å². The van der Waals surface area contributed by atoms with E-state index < -0.39 is 23.8 Å². The smallest absolute Gasteiger partial charge is 0.329 e. The number of carbonyl (C=O) groups excluding carboxylic acids is 3. The van der Waals surface area contributed by atoms with E-state index in [1.54, 1.807) is 61.1 Å². The normalized spacial score (nSPS) is 11.1. The third-order valence-electron chi connectivity index (χ3n) is 6.16. The Hall–Kier alpha value is -5.32. The zero-order valence-corrected chi connectivity index (χ0v) is 23.4. The molecule has 0 spiro atoms. The molecular weight excluding hydrogens is 560 g/mol. The molecule has 2 amide bonds. The number of rotatable bonds is 10. The van der Waals surface area contributed by atoms with Crippen molar-refractivity contribution in [2.45, 2.75) is 25.9 Å². The topological polar surface area (TPSA) is 163 Å². The first-order chi connectivity index (χ1) is 20.3. The fourth-order valence-electron chi connectivity index (χ4n) is 4.06. The van der Waals surface area contributed by atoms with E-state index in [1.165, 1.54) is 30.2 Å². The third kappa shape index (κ3) is 7.45. The number of halogens is 1. The van der Waals surface area contributed by atoms with E-state index in [9.17, 15) is 14.4 Å². The predicted octanol–water partition coefficient (Wildman–Crippen LogP) is 5.45. The highest BCUT2D eigenvalue weighted by atomic mass is 35.5. The summed E-state index contributed by atoms with van der Waals surface area (Å²) in [5.74, 6) is -1.51. The molecule has 0 radical (unpaired) electrons. The lowest BCUT2D eigenvalue weighted by Crippen LogP contribution is -2.46. The zero-order valence-electron chi connectivity index (χ0n) is 22.6. The molecule has 0 aliphatic carbocycles. The fourth-order valence-corrected chi connectivity index (χ4v) is 4.22. The Morgan fingerprint density at radius 3 is 2.45 bits per heavy atom. The number of pyridine rings is 1. The second-order valence-electron chi connectivity index (χ2n) is 9.08. The summed E-state index contributed by atoms with van der Waals surface area (Å²) in [7, 11) is 1.23. The lowest BCUT2D eigenvalue weighted by atomic mass is 10.0. The van der Waals surface area contributed by atoms with Gasteiger partial charge < -0.3 is 9.64 Å². The maximum atomic E-state index is 14.0. The lowest BCUT2D eigenvalue weighted by molar-refractivity contribution is -0.146. The number of methoxy groups -OCH3 is 1. The summed E-state index contributed by atoms with van der Waals surface area (Å²) in [6.45, 7) is 1.79. The Balaban J connectivity index is 1.67. The van der Waals surface area contributed by atoms with Crippen LogP contribution in [-0.2, 0) is 22.5 Å². The van der Waals surface area contributed by atoms with Gasteiger partial charge in [-0.15, -0.1) is 0 Å². The molecule has 42 heavy (non-hydrogen) atoms. The SMILES string of the molecule is COC(=O)[C@@H](Cc1ccccn1)N(Cc1ccc(C(=O)Nc2ncc(C)cn2)cc1)C(=O)c1ccc(Cl)cc1N=[N+]=[N-]. The number of amides is 2. The average molecular weight is 585 g/mol. The molecule has 0 fully saturated rings. The summed E-state index contributed by atoms with van der Waals surface area (Å²) in [5, 5.41) is 6.52. The number of anilines is 1. The first kappa shape index (κ1) is 29.7.